The van der Waals surface area contributed by atoms with Gasteiger partial charge in [0.1, 0.15) is 17.5 Å². The molecule has 0 bridgehead atoms. The number of rotatable bonds is 7. The summed E-state index contributed by atoms with van der Waals surface area (Å²) in [6.07, 6.45) is 1.97. The lowest BCUT2D eigenvalue weighted by molar-refractivity contribution is -0.147. The summed E-state index contributed by atoms with van der Waals surface area (Å²) in [4.78, 5) is 42.3. The van der Waals surface area contributed by atoms with Crippen molar-refractivity contribution in [3.63, 3.8) is 0 Å². The summed E-state index contributed by atoms with van der Waals surface area (Å²) >= 11 is 1.44. The molecule has 8 nitrogen and oxygen atoms in total. The van der Waals surface area contributed by atoms with Gasteiger partial charge in [0.2, 0.25) is 5.91 Å². The van der Waals surface area contributed by atoms with Crippen molar-refractivity contribution in [3.05, 3.63) is 76.7 Å². The lowest BCUT2D eigenvalue weighted by Gasteiger charge is -2.21. The smallest absolute Gasteiger partial charge is 0.326 e. The number of para-hydroxylation sites is 1. The van der Waals surface area contributed by atoms with Crippen molar-refractivity contribution < 1.29 is 24.2 Å². The zero-order valence-electron chi connectivity index (χ0n) is 17.0. The third-order valence-electron chi connectivity index (χ3n) is 5.20. The van der Waals surface area contributed by atoms with Crippen molar-refractivity contribution in [2.75, 3.05) is 13.1 Å². The maximum atomic E-state index is 12.7. The second-order valence-electron chi connectivity index (χ2n) is 7.33. The van der Waals surface area contributed by atoms with E-state index in [-0.39, 0.29) is 19.0 Å². The first-order chi connectivity index (χ1) is 15.5. The summed E-state index contributed by atoms with van der Waals surface area (Å²) in [5.74, 6) is -0.769. The lowest BCUT2D eigenvalue weighted by atomic mass is 10.1. The monoisotopic (exact) mass is 451 g/mol. The van der Waals surface area contributed by atoms with E-state index in [9.17, 15) is 19.5 Å². The molecule has 1 aromatic heterocycles. The van der Waals surface area contributed by atoms with Crippen LogP contribution in [0.2, 0.25) is 0 Å². The minimum absolute atomic E-state index is 0.118. The van der Waals surface area contributed by atoms with Gasteiger partial charge in [0, 0.05) is 29.6 Å². The number of ether oxygens (including phenoxy) is 1. The van der Waals surface area contributed by atoms with Gasteiger partial charge < -0.3 is 20.1 Å². The molecule has 4 rings (SSSR count). The van der Waals surface area contributed by atoms with Gasteiger partial charge in [-0.3, -0.25) is 9.59 Å². The summed E-state index contributed by atoms with van der Waals surface area (Å²) in [6.45, 7) is -0.0137. The summed E-state index contributed by atoms with van der Waals surface area (Å²) < 4.78 is 5.70. The SMILES string of the molecule is O=C(NCC(=O)N1CC(c2nccs2)CC1C(=O)O)c1ccc(Oc2ccccc2)cc1. The van der Waals surface area contributed by atoms with Crippen LogP contribution in [0.3, 0.4) is 0 Å². The van der Waals surface area contributed by atoms with E-state index in [4.69, 9.17) is 4.74 Å². The van der Waals surface area contributed by atoms with Crippen LogP contribution >= 0.6 is 11.3 Å². The predicted octanol–water partition coefficient (Wildman–Crippen LogP) is 3.13. The first kappa shape index (κ1) is 21.5. The fraction of sp³-hybridized carbons (Fsp3) is 0.217. The van der Waals surface area contributed by atoms with Gasteiger partial charge in [-0.2, -0.15) is 0 Å². The molecule has 1 aliphatic rings. The van der Waals surface area contributed by atoms with E-state index in [2.05, 4.69) is 10.3 Å². The standard InChI is InChI=1S/C23H21N3O5S/c27-20(26-14-16(12-19(26)23(29)30)22-24-10-11-32-22)13-25-21(28)15-6-8-18(9-7-15)31-17-4-2-1-3-5-17/h1-11,16,19H,12-14H2,(H,25,28)(H,29,30). The minimum atomic E-state index is -1.06. The van der Waals surface area contributed by atoms with Crippen LogP contribution < -0.4 is 10.1 Å². The van der Waals surface area contributed by atoms with Gasteiger partial charge in [0.15, 0.2) is 0 Å². The van der Waals surface area contributed by atoms with Gasteiger partial charge >= 0.3 is 5.97 Å². The van der Waals surface area contributed by atoms with Crippen LogP contribution in [0.5, 0.6) is 11.5 Å². The van der Waals surface area contributed by atoms with Crippen LogP contribution in [0.15, 0.2) is 66.2 Å². The number of nitrogens with one attached hydrogen (secondary N) is 1. The van der Waals surface area contributed by atoms with E-state index in [0.717, 1.165) is 5.01 Å². The number of likely N-dealkylation sites (tertiary alicyclic amines) is 1. The third kappa shape index (κ3) is 4.94. The maximum Gasteiger partial charge on any atom is 0.326 e. The number of carboxylic acids is 1. The molecule has 32 heavy (non-hydrogen) atoms. The Morgan fingerprint density at radius 2 is 1.81 bits per heavy atom. The van der Waals surface area contributed by atoms with Gasteiger partial charge in [-0.15, -0.1) is 11.3 Å². The fourth-order valence-electron chi connectivity index (χ4n) is 3.62. The topological polar surface area (TPSA) is 109 Å². The average molecular weight is 452 g/mol. The van der Waals surface area contributed by atoms with E-state index >= 15 is 0 Å². The van der Waals surface area contributed by atoms with Crippen molar-refractivity contribution in [2.45, 2.75) is 18.4 Å². The number of carboxylic acid groups (broad SMARTS) is 1. The lowest BCUT2D eigenvalue weighted by Crippen LogP contribution is -2.45. The van der Waals surface area contributed by atoms with Crippen molar-refractivity contribution >= 4 is 29.1 Å². The maximum absolute atomic E-state index is 12.7. The van der Waals surface area contributed by atoms with Crippen LogP contribution in [0.25, 0.3) is 0 Å². The van der Waals surface area contributed by atoms with E-state index in [1.807, 2.05) is 35.7 Å². The van der Waals surface area contributed by atoms with Gasteiger partial charge in [0.25, 0.3) is 5.91 Å². The molecule has 0 radical (unpaired) electrons. The molecule has 3 aromatic rings. The van der Waals surface area contributed by atoms with Crippen molar-refractivity contribution in [1.82, 2.24) is 15.2 Å². The van der Waals surface area contributed by atoms with Crippen LogP contribution in [0.4, 0.5) is 0 Å². The average Bonchev–Trinajstić information content (AvgIpc) is 3.48. The van der Waals surface area contributed by atoms with Gasteiger partial charge in [-0.1, -0.05) is 18.2 Å². The second kappa shape index (κ2) is 9.61. The molecule has 164 valence electrons. The summed E-state index contributed by atoms with van der Waals surface area (Å²) in [6, 6.07) is 14.9. The summed E-state index contributed by atoms with van der Waals surface area (Å²) in [5.41, 5.74) is 0.370. The van der Waals surface area contributed by atoms with Gasteiger partial charge in [-0.25, -0.2) is 9.78 Å². The first-order valence-corrected chi connectivity index (χ1v) is 10.9. The molecule has 2 N–H and O–H groups in total. The highest BCUT2D eigenvalue weighted by atomic mass is 32.1. The Hall–Kier alpha value is -3.72. The molecule has 1 saturated heterocycles. The molecule has 1 fully saturated rings. The molecule has 2 unspecified atom stereocenters. The highest BCUT2D eigenvalue weighted by Gasteiger charge is 2.41. The summed E-state index contributed by atoms with van der Waals surface area (Å²) in [5, 5.41) is 14.7. The van der Waals surface area contributed by atoms with E-state index in [1.54, 1.807) is 30.5 Å². The highest BCUT2D eigenvalue weighted by Crippen LogP contribution is 2.33. The summed E-state index contributed by atoms with van der Waals surface area (Å²) in [7, 11) is 0. The molecule has 2 amide bonds. The number of nitrogens with zero attached hydrogens (tertiary/aromatic N) is 2. The Kier molecular flexibility index (Phi) is 6.46. The van der Waals surface area contributed by atoms with E-state index < -0.39 is 23.8 Å². The zero-order valence-corrected chi connectivity index (χ0v) is 17.8. The Balaban J connectivity index is 1.33. The minimum Gasteiger partial charge on any atom is -0.480 e. The molecule has 2 heterocycles. The van der Waals surface area contributed by atoms with Crippen molar-refractivity contribution in [1.29, 1.82) is 0 Å². The Morgan fingerprint density at radius 1 is 1.09 bits per heavy atom. The number of hydrogen-bond acceptors (Lipinski definition) is 6. The van der Waals surface area contributed by atoms with E-state index in [0.29, 0.717) is 23.5 Å². The quantitative estimate of drug-likeness (QED) is 0.571. The number of carbonyl (C=O) groups is 3. The number of amides is 2. The third-order valence-corrected chi connectivity index (χ3v) is 6.14. The van der Waals surface area contributed by atoms with Crippen molar-refractivity contribution in [3.8, 4) is 11.5 Å². The largest absolute Gasteiger partial charge is 0.480 e. The number of carbonyl (C=O) groups excluding carboxylic acids is 2. The molecule has 0 aliphatic carbocycles. The normalized spacial score (nSPS) is 17.7. The highest BCUT2D eigenvalue weighted by molar-refractivity contribution is 7.09. The van der Waals surface area contributed by atoms with Crippen LogP contribution in [0, 0.1) is 0 Å². The van der Waals surface area contributed by atoms with Gasteiger partial charge in [-0.05, 0) is 42.8 Å². The molecule has 1 aliphatic heterocycles. The molecule has 2 atom stereocenters. The molecule has 0 spiro atoms. The number of aromatic nitrogens is 1. The molecule has 2 aromatic carbocycles. The second-order valence-corrected chi connectivity index (χ2v) is 8.25. The molecular weight excluding hydrogens is 430 g/mol. The molecule has 9 heteroatoms. The van der Waals surface area contributed by atoms with Crippen LogP contribution in [0.1, 0.15) is 27.7 Å². The number of thiazole rings is 1. The fourth-order valence-corrected chi connectivity index (χ4v) is 4.37. The Morgan fingerprint density at radius 3 is 2.47 bits per heavy atom. The van der Waals surface area contributed by atoms with Crippen LogP contribution in [-0.4, -0.2) is 51.9 Å². The first-order valence-electron chi connectivity index (χ1n) is 10.0. The predicted molar refractivity (Wildman–Crippen MR) is 118 cm³/mol. The molecular formula is C23H21N3O5S. The van der Waals surface area contributed by atoms with Crippen LogP contribution in [-0.2, 0) is 9.59 Å². The number of hydrogen-bond donors (Lipinski definition) is 2. The Labute approximate surface area is 188 Å². The number of benzene rings is 2. The number of aliphatic carboxylic acids is 1. The Bertz CT molecular complexity index is 1090. The van der Waals surface area contributed by atoms with Crippen molar-refractivity contribution in [2.24, 2.45) is 0 Å². The van der Waals surface area contributed by atoms with E-state index in [1.165, 1.54) is 16.2 Å². The zero-order chi connectivity index (χ0) is 22.5. The molecule has 0 saturated carbocycles. The van der Waals surface area contributed by atoms with Gasteiger partial charge in [0.05, 0.1) is 11.6 Å².